The van der Waals surface area contributed by atoms with Crippen LogP contribution in [0.25, 0.3) is 10.6 Å². The maximum atomic E-state index is 13.1. The highest BCUT2D eigenvalue weighted by Gasteiger charge is 2.05. The van der Waals surface area contributed by atoms with Crippen molar-refractivity contribution >= 4 is 11.3 Å². The molecular formula is C13H15FN2S. The Labute approximate surface area is 105 Å². The summed E-state index contributed by atoms with van der Waals surface area (Å²) in [6.07, 6.45) is 4.01. The van der Waals surface area contributed by atoms with Crippen molar-refractivity contribution < 1.29 is 4.39 Å². The van der Waals surface area contributed by atoms with Crippen molar-refractivity contribution in [3.8, 4) is 10.6 Å². The Balaban J connectivity index is 2.07. The summed E-state index contributed by atoms with van der Waals surface area (Å²) >= 11 is 1.64. The summed E-state index contributed by atoms with van der Waals surface area (Å²) in [5.41, 5.74) is 0.856. The molecule has 0 aliphatic carbocycles. The summed E-state index contributed by atoms with van der Waals surface area (Å²) in [6.45, 7) is 1.01. The predicted molar refractivity (Wildman–Crippen MR) is 69.8 cm³/mol. The molecule has 2 aromatic rings. The molecule has 0 atom stereocenters. The molecular weight excluding hydrogens is 235 g/mol. The molecule has 2 rings (SSSR count). The van der Waals surface area contributed by atoms with Crippen LogP contribution in [-0.4, -0.2) is 18.6 Å². The Morgan fingerprint density at radius 3 is 3.06 bits per heavy atom. The van der Waals surface area contributed by atoms with E-state index in [-0.39, 0.29) is 5.82 Å². The molecule has 1 aromatic carbocycles. The molecule has 0 fully saturated rings. The van der Waals surface area contributed by atoms with E-state index in [0.717, 1.165) is 30.0 Å². The predicted octanol–water partition coefficient (Wildman–Crippen LogP) is 3.10. The van der Waals surface area contributed by atoms with Gasteiger partial charge in [-0.05, 0) is 38.6 Å². The molecule has 0 aliphatic rings. The molecule has 0 bridgehead atoms. The summed E-state index contributed by atoms with van der Waals surface area (Å²) in [5.74, 6) is -0.213. The SMILES string of the molecule is CNCCCc1cnc(-c2cccc(F)c2)s1. The third kappa shape index (κ3) is 3.35. The first-order valence-corrected chi connectivity index (χ1v) is 6.46. The van der Waals surface area contributed by atoms with Crippen molar-refractivity contribution in [1.29, 1.82) is 0 Å². The third-order valence-corrected chi connectivity index (χ3v) is 3.58. The molecule has 17 heavy (non-hydrogen) atoms. The molecule has 0 saturated carbocycles. The van der Waals surface area contributed by atoms with E-state index in [2.05, 4.69) is 10.3 Å². The van der Waals surface area contributed by atoms with Crippen LogP contribution in [0.3, 0.4) is 0 Å². The van der Waals surface area contributed by atoms with Gasteiger partial charge in [0.05, 0.1) is 0 Å². The molecule has 0 amide bonds. The van der Waals surface area contributed by atoms with E-state index in [9.17, 15) is 4.39 Å². The van der Waals surface area contributed by atoms with Gasteiger partial charge in [0.2, 0.25) is 0 Å². The molecule has 0 unspecified atom stereocenters. The largest absolute Gasteiger partial charge is 0.320 e. The summed E-state index contributed by atoms with van der Waals surface area (Å²) in [4.78, 5) is 5.59. The van der Waals surface area contributed by atoms with Crippen molar-refractivity contribution in [2.75, 3.05) is 13.6 Å². The van der Waals surface area contributed by atoms with Gasteiger partial charge in [-0.25, -0.2) is 9.37 Å². The smallest absolute Gasteiger partial charge is 0.123 e. The number of rotatable bonds is 5. The van der Waals surface area contributed by atoms with Gasteiger partial charge in [-0.15, -0.1) is 11.3 Å². The van der Waals surface area contributed by atoms with Crippen LogP contribution in [0, 0.1) is 5.82 Å². The molecule has 1 heterocycles. The van der Waals surface area contributed by atoms with Gasteiger partial charge >= 0.3 is 0 Å². The normalized spacial score (nSPS) is 10.7. The van der Waals surface area contributed by atoms with E-state index in [1.54, 1.807) is 17.4 Å². The molecule has 0 saturated heterocycles. The van der Waals surface area contributed by atoms with Gasteiger partial charge in [-0.1, -0.05) is 12.1 Å². The topological polar surface area (TPSA) is 24.9 Å². The van der Waals surface area contributed by atoms with Crippen LogP contribution >= 0.6 is 11.3 Å². The summed E-state index contributed by atoms with van der Waals surface area (Å²) in [5, 5.41) is 4.01. The van der Waals surface area contributed by atoms with E-state index in [1.807, 2.05) is 19.3 Å². The second-order valence-electron chi connectivity index (χ2n) is 3.85. The average molecular weight is 250 g/mol. The summed E-state index contributed by atoms with van der Waals surface area (Å²) in [7, 11) is 1.95. The summed E-state index contributed by atoms with van der Waals surface area (Å²) < 4.78 is 13.1. The number of benzene rings is 1. The number of hydrogen-bond donors (Lipinski definition) is 1. The van der Waals surface area contributed by atoms with Crippen LogP contribution in [0.5, 0.6) is 0 Å². The maximum Gasteiger partial charge on any atom is 0.123 e. The van der Waals surface area contributed by atoms with Crippen LogP contribution < -0.4 is 5.32 Å². The van der Waals surface area contributed by atoms with E-state index in [1.165, 1.54) is 17.0 Å². The van der Waals surface area contributed by atoms with Crippen molar-refractivity contribution in [2.45, 2.75) is 12.8 Å². The minimum Gasteiger partial charge on any atom is -0.320 e. The fraction of sp³-hybridized carbons (Fsp3) is 0.308. The maximum absolute atomic E-state index is 13.1. The molecule has 0 aliphatic heterocycles. The quantitative estimate of drug-likeness (QED) is 0.825. The Morgan fingerprint density at radius 1 is 1.41 bits per heavy atom. The highest BCUT2D eigenvalue weighted by molar-refractivity contribution is 7.15. The number of thiazole rings is 1. The second-order valence-corrected chi connectivity index (χ2v) is 4.96. The first-order valence-electron chi connectivity index (χ1n) is 5.65. The van der Waals surface area contributed by atoms with Gasteiger partial charge in [0.25, 0.3) is 0 Å². The van der Waals surface area contributed by atoms with Crippen LogP contribution in [0.4, 0.5) is 4.39 Å². The Kier molecular flexibility index (Phi) is 4.23. The summed E-state index contributed by atoms with van der Waals surface area (Å²) in [6, 6.07) is 6.58. The van der Waals surface area contributed by atoms with Gasteiger partial charge in [0.15, 0.2) is 0 Å². The van der Waals surface area contributed by atoms with Crippen LogP contribution in [0.2, 0.25) is 0 Å². The number of halogens is 1. The molecule has 2 nitrogen and oxygen atoms in total. The van der Waals surface area contributed by atoms with Crippen molar-refractivity contribution in [3.63, 3.8) is 0 Å². The number of aromatic nitrogens is 1. The van der Waals surface area contributed by atoms with E-state index >= 15 is 0 Å². The number of nitrogens with zero attached hydrogens (tertiary/aromatic N) is 1. The average Bonchev–Trinajstić information content (AvgIpc) is 2.78. The van der Waals surface area contributed by atoms with E-state index < -0.39 is 0 Å². The Bertz CT molecular complexity index is 482. The van der Waals surface area contributed by atoms with Gasteiger partial charge < -0.3 is 5.32 Å². The lowest BCUT2D eigenvalue weighted by molar-refractivity contribution is 0.628. The first-order chi connectivity index (χ1) is 8.29. The monoisotopic (exact) mass is 250 g/mol. The standard InChI is InChI=1S/C13H15FN2S/c1-15-7-3-6-12-9-16-13(17-12)10-4-2-5-11(14)8-10/h2,4-5,8-9,15H,3,6-7H2,1H3. The highest BCUT2D eigenvalue weighted by atomic mass is 32.1. The molecule has 4 heteroatoms. The lowest BCUT2D eigenvalue weighted by Crippen LogP contribution is -2.07. The zero-order valence-corrected chi connectivity index (χ0v) is 10.6. The molecule has 1 aromatic heterocycles. The zero-order chi connectivity index (χ0) is 12.1. The lowest BCUT2D eigenvalue weighted by Gasteiger charge is -1.96. The number of aryl methyl sites for hydroxylation is 1. The minimum absolute atomic E-state index is 0.213. The zero-order valence-electron chi connectivity index (χ0n) is 9.74. The third-order valence-electron chi connectivity index (χ3n) is 2.48. The molecule has 0 spiro atoms. The van der Waals surface area contributed by atoms with E-state index in [0.29, 0.717) is 0 Å². The number of hydrogen-bond acceptors (Lipinski definition) is 3. The van der Waals surface area contributed by atoms with Crippen molar-refractivity contribution in [1.82, 2.24) is 10.3 Å². The first kappa shape index (κ1) is 12.2. The molecule has 90 valence electrons. The second kappa shape index (κ2) is 5.89. The van der Waals surface area contributed by atoms with Gasteiger partial charge in [-0.3, -0.25) is 0 Å². The van der Waals surface area contributed by atoms with E-state index in [4.69, 9.17) is 0 Å². The van der Waals surface area contributed by atoms with Gasteiger partial charge in [-0.2, -0.15) is 0 Å². The minimum atomic E-state index is -0.213. The van der Waals surface area contributed by atoms with Gasteiger partial charge in [0, 0.05) is 16.6 Å². The molecule has 1 N–H and O–H groups in total. The fourth-order valence-electron chi connectivity index (χ4n) is 1.62. The molecule has 0 radical (unpaired) electrons. The van der Waals surface area contributed by atoms with Crippen LogP contribution in [0.1, 0.15) is 11.3 Å². The van der Waals surface area contributed by atoms with Crippen LogP contribution in [0.15, 0.2) is 30.5 Å². The van der Waals surface area contributed by atoms with Crippen molar-refractivity contribution in [2.24, 2.45) is 0 Å². The van der Waals surface area contributed by atoms with Crippen LogP contribution in [-0.2, 0) is 6.42 Å². The van der Waals surface area contributed by atoms with Crippen molar-refractivity contribution in [3.05, 3.63) is 41.2 Å². The van der Waals surface area contributed by atoms with Gasteiger partial charge in [0.1, 0.15) is 10.8 Å². The fourth-order valence-corrected chi connectivity index (χ4v) is 2.57. The Morgan fingerprint density at radius 2 is 2.29 bits per heavy atom. The highest BCUT2D eigenvalue weighted by Crippen LogP contribution is 2.26. The lowest BCUT2D eigenvalue weighted by atomic mass is 10.2. The number of nitrogens with one attached hydrogen (secondary N) is 1. The Hall–Kier alpha value is -1.26.